The number of amides is 1. The minimum atomic E-state index is -1.05. The lowest BCUT2D eigenvalue weighted by Gasteiger charge is -2.36. The van der Waals surface area contributed by atoms with Gasteiger partial charge in [0.1, 0.15) is 6.04 Å². The molecule has 0 radical (unpaired) electrons. The summed E-state index contributed by atoms with van der Waals surface area (Å²) in [5, 5.41) is 11.9. The van der Waals surface area contributed by atoms with Gasteiger partial charge >= 0.3 is 5.97 Å². The van der Waals surface area contributed by atoms with Crippen LogP contribution < -0.4 is 5.32 Å². The Bertz CT molecular complexity index is 804. The van der Waals surface area contributed by atoms with E-state index in [-0.39, 0.29) is 5.75 Å². The van der Waals surface area contributed by atoms with Crippen molar-refractivity contribution in [2.24, 2.45) is 0 Å². The lowest BCUT2D eigenvalue weighted by molar-refractivity contribution is -0.139. The Morgan fingerprint density at radius 2 is 1.25 bits per heavy atom. The molecule has 0 aromatic heterocycles. The number of benzene rings is 3. The molecule has 0 unspecified atom stereocenters. The molecule has 1 amide bonds. The highest BCUT2D eigenvalue weighted by atomic mass is 32.2. The van der Waals surface area contributed by atoms with Crippen molar-refractivity contribution in [1.29, 1.82) is 0 Å². The predicted molar refractivity (Wildman–Crippen MR) is 112 cm³/mol. The normalized spacial score (nSPS) is 12.1. The molecule has 0 aliphatic carbocycles. The summed E-state index contributed by atoms with van der Waals surface area (Å²) in [5.74, 6) is -0.838. The van der Waals surface area contributed by atoms with Crippen molar-refractivity contribution in [2.45, 2.75) is 10.8 Å². The van der Waals surface area contributed by atoms with E-state index in [9.17, 15) is 14.7 Å². The molecule has 3 aromatic rings. The van der Waals surface area contributed by atoms with Gasteiger partial charge in [0.05, 0.1) is 4.75 Å². The third kappa shape index (κ3) is 4.10. The Hall–Kier alpha value is -3.05. The number of thioether (sulfide) groups is 1. The molecule has 3 rings (SSSR count). The van der Waals surface area contributed by atoms with Crippen molar-refractivity contribution in [1.82, 2.24) is 5.32 Å². The maximum atomic E-state index is 11.6. The van der Waals surface area contributed by atoms with Crippen LogP contribution in [0.25, 0.3) is 0 Å². The second-order valence-corrected chi connectivity index (χ2v) is 7.50. The lowest BCUT2D eigenvalue weighted by atomic mass is 9.84. The Morgan fingerprint density at radius 1 is 0.857 bits per heavy atom. The number of hydrogen-bond acceptors (Lipinski definition) is 3. The van der Waals surface area contributed by atoms with Crippen LogP contribution in [0, 0.1) is 0 Å². The molecule has 2 N–H and O–H groups in total. The predicted octanol–water partition coefficient (Wildman–Crippen LogP) is 3.91. The van der Waals surface area contributed by atoms with Gasteiger partial charge < -0.3 is 10.4 Å². The summed E-state index contributed by atoms with van der Waals surface area (Å²) in [5.41, 5.74) is 3.15. The number of carbonyl (C=O) groups is 2. The van der Waals surface area contributed by atoms with Crippen LogP contribution in [0.15, 0.2) is 91.0 Å². The number of carboxylic acid groups (broad SMARTS) is 1. The van der Waals surface area contributed by atoms with Crippen molar-refractivity contribution in [3.05, 3.63) is 108 Å². The zero-order valence-corrected chi connectivity index (χ0v) is 16.0. The van der Waals surface area contributed by atoms with Crippen molar-refractivity contribution < 1.29 is 14.7 Å². The van der Waals surface area contributed by atoms with Crippen LogP contribution in [0.4, 0.5) is 0 Å². The van der Waals surface area contributed by atoms with Crippen molar-refractivity contribution in [3.8, 4) is 0 Å². The van der Waals surface area contributed by atoms with Gasteiger partial charge in [0.25, 0.3) is 0 Å². The lowest BCUT2D eigenvalue weighted by Crippen LogP contribution is -2.39. The van der Waals surface area contributed by atoms with Crippen LogP contribution >= 0.6 is 11.8 Å². The fraction of sp³-hybridized carbons (Fsp3) is 0.130. The van der Waals surface area contributed by atoms with Gasteiger partial charge in [-0.2, -0.15) is 0 Å². The topological polar surface area (TPSA) is 66.4 Å². The van der Waals surface area contributed by atoms with E-state index >= 15 is 0 Å². The van der Waals surface area contributed by atoms with E-state index in [1.54, 1.807) is 0 Å². The number of nitrogens with one attached hydrogen (secondary N) is 1. The number of carboxylic acids is 1. The van der Waals surface area contributed by atoms with Crippen molar-refractivity contribution in [2.75, 3.05) is 5.75 Å². The van der Waals surface area contributed by atoms with Gasteiger partial charge in [-0.1, -0.05) is 91.0 Å². The number of hydrogen-bond donors (Lipinski definition) is 2. The Kier molecular flexibility index (Phi) is 6.50. The maximum absolute atomic E-state index is 11.6. The smallest absolute Gasteiger partial charge is 0.327 e. The molecule has 1 atom stereocenters. The van der Waals surface area contributed by atoms with E-state index in [0.717, 1.165) is 16.7 Å². The van der Waals surface area contributed by atoms with Crippen LogP contribution in [0.2, 0.25) is 0 Å². The summed E-state index contributed by atoms with van der Waals surface area (Å²) in [6.07, 6.45) is 0.439. The number of carbonyl (C=O) groups excluding carboxylic acids is 1. The molecule has 142 valence electrons. The molecule has 0 spiro atoms. The molecule has 0 heterocycles. The Labute approximate surface area is 168 Å². The molecular weight excluding hydrogens is 370 g/mol. The molecule has 5 heteroatoms. The molecule has 0 saturated heterocycles. The number of aliphatic carboxylic acids is 1. The summed E-state index contributed by atoms with van der Waals surface area (Å²) in [7, 11) is 0. The molecule has 0 aliphatic rings. The van der Waals surface area contributed by atoms with Crippen LogP contribution in [0.1, 0.15) is 16.7 Å². The van der Waals surface area contributed by atoms with E-state index in [4.69, 9.17) is 0 Å². The van der Waals surface area contributed by atoms with Crippen LogP contribution in [-0.4, -0.2) is 29.3 Å². The average Bonchev–Trinajstić information content (AvgIpc) is 2.75. The van der Waals surface area contributed by atoms with Crippen LogP contribution in [0.5, 0.6) is 0 Å². The molecular formula is C23H21NO3S. The largest absolute Gasteiger partial charge is 0.480 e. The quantitative estimate of drug-likeness (QED) is 0.429. The van der Waals surface area contributed by atoms with Crippen LogP contribution in [0.3, 0.4) is 0 Å². The summed E-state index contributed by atoms with van der Waals surface area (Å²) in [6.45, 7) is 0. The maximum Gasteiger partial charge on any atom is 0.327 e. The second-order valence-electron chi connectivity index (χ2n) is 6.27. The fourth-order valence-electron chi connectivity index (χ4n) is 3.25. The van der Waals surface area contributed by atoms with Gasteiger partial charge in [-0.15, -0.1) is 11.8 Å². The zero-order valence-electron chi connectivity index (χ0n) is 15.2. The minimum Gasteiger partial charge on any atom is -0.480 e. The SMILES string of the molecule is O=CN[C@H](CSC(c1ccccc1)(c1ccccc1)c1ccccc1)C(=O)O. The first-order valence-corrected chi connectivity index (χ1v) is 9.90. The summed E-state index contributed by atoms with van der Waals surface area (Å²) in [6, 6.07) is 29.1. The molecule has 0 aliphatic heterocycles. The second kappa shape index (κ2) is 9.24. The fourth-order valence-corrected chi connectivity index (χ4v) is 4.81. The van der Waals surface area contributed by atoms with Crippen molar-refractivity contribution >= 4 is 24.1 Å². The van der Waals surface area contributed by atoms with E-state index in [0.29, 0.717) is 6.41 Å². The summed E-state index contributed by atoms with van der Waals surface area (Å²) < 4.78 is -0.609. The first-order chi connectivity index (χ1) is 13.7. The Morgan fingerprint density at radius 3 is 1.57 bits per heavy atom. The Balaban J connectivity index is 2.16. The third-order valence-corrected chi connectivity index (χ3v) is 6.21. The zero-order chi connectivity index (χ0) is 19.8. The molecule has 3 aromatic carbocycles. The molecule has 0 fully saturated rings. The van der Waals surface area contributed by atoms with Gasteiger partial charge in [-0.05, 0) is 16.7 Å². The monoisotopic (exact) mass is 391 g/mol. The molecule has 28 heavy (non-hydrogen) atoms. The molecule has 0 bridgehead atoms. The van der Waals surface area contributed by atoms with Gasteiger partial charge in [0.2, 0.25) is 6.41 Å². The molecule has 4 nitrogen and oxygen atoms in total. The molecule has 0 saturated carbocycles. The summed E-state index contributed by atoms with van der Waals surface area (Å²) in [4.78, 5) is 22.5. The first-order valence-electron chi connectivity index (χ1n) is 8.91. The highest BCUT2D eigenvalue weighted by molar-refractivity contribution is 8.00. The van der Waals surface area contributed by atoms with Gasteiger partial charge in [0.15, 0.2) is 0 Å². The first kappa shape index (κ1) is 19.7. The van der Waals surface area contributed by atoms with E-state index in [2.05, 4.69) is 41.7 Å². The van der Waals surface area contributed by atoms with Gasteiger partial charge in [0, 0.05) is 5.75 Å². The summed E-state index contributed by atoms with van der Waals surface area (Å²) >= 11 is 1.50. The van der Waals surface area contributed by atoms with E-state index in [1.807, 2.05) is 54.6 Å². The number of rotatable bonds is 9. The highest BCUT2D eigenvalue weighted by Crippen LogP contribution is 2.48. The van der Waals surface area contributed by atoms with Gasteiger partial charge in [-0.25, -0.2) is 4.79 Å². The minimum absolute atomic E-state index is 0.215. The van der Waals surface area contributed by atoms with E-state index < -0.39 is 16.8 Å². The standard InChI is InChI=1S/C23H21NO3S/c25-17-24-21(22(26)27)16-28-23(18-10-4-1-5-11-18,19-12-6-2-7-13-19)20-14-8-3-9-15-20/h1-15,17,21H,16H2,(H,24,25)(H,26,27)/t21-/m1/s1. The van der Waals surface area contributed by atoms with Gasteiger partial charge in [-0.3, -0.25) is 4.79 Å². The highest BCUT2D eigenvalue weighted by Gasteiger charge is 2.38. The van der Waals surface area contributed by atoms with Crippen molar-refractivity contribution in [3.63, 3.8) is 0 Å². The average molecular weight is 391 g/mol. The van der Waals surface area contributed by atoms with E-state index in [1.165, 1.54) is 11.8 Å². The van der Waals surface area contributed by atoms with Crippen LogP contribution in [-0.2, 0) is 14.3 Å². The third-order valence-electron chi connectivity index (χ3n) is 4.57.